The van der Waals surface area contributed by atoms with Crippen molar-refractivity contribution >= 4 is 17.1 Å². The van der Waals surface area contributed by atoms with Gasteiger partial charge in [-0.3, -0.25) is 0 Å². The molecule has 0 saturated heterocycles. The van der Waals surface area contributed by atoms with E-state index in [4.69, 9.17) is 9.47 Å². The van der Waals surface area contributed by atoms with Crippen LogP contribution in [0.15, 0.2) is 30.5 Å². The van der Waals surface area contributed by atoms with Gasteiger partial charge in [-0.15, -0.1) is 0 Å². The first kappa shape index (κ1) is 11.5. The summed E-state index contributed by atoms with van der Waals surface area (Å²) in [5.74, 6) is 0.467. The molecule has 0 fully saturated rings. The second-order valence-electron chi connectivity index (χ2n) is 4.79. The van der Waals surface area contributed by atoms with Crippen molar-refractivity contribution in [3.8, 4) is 5.75 Å². The van der Waals surface area contributed by atoms with E-state index in [1.54, 1.807) is 32.9 Å². The summed E-state index contributed by atoms with van der Waals surface area (Å²) in [5.41, 5.74) is 0.374. The molecule has 4 nitrogen and oxygen atoms in total. The maximum Gasteiger partial charge on any atom is 0.514 e. The molecule has 4 heteroatoms. The largest absolute Gasteiger partial charge is 0.514 e. The summed E-state index contributed by atoms with van der Waals surface area (Å²) in [6.07, 6.45) is 1.14. The average molecular weight is 233 g/mol. The first-order valence-electron chi connectivity index (χ1n) is 5.42. The predicted octanol–water partition coefficient (Wildman–Crippen LogP) is 3.48. The number of hydrogen-bond acceptors (Lipinski definition) is 3. The van der Waals surface area contributed by atoms with E-state index >= 15 is 0 Å². The van der Waals surface area contributed by atoms with Crippen LogP contribution in [-0.4, -0.2) is 16.7 Å². The van der Waals surface area contributed by atoms with E-state index in [0.717, 1.165) is 10.9 Å². The minimum atomic E-state index is -0.691. The van der Waals surface area contributed by atoms with E-state index in [1.165, 1.54) is 0 Å². The van der Waals surface area contributed by atoms with Gasteiger partial charge in [-0.05, 0) is 44.4 Å². The van der Waals surface area contributed by atoms with Crippen molar-refractivity contribution in [3.63, 3.8) is 0 Å². The molecular formula is C13H15NO3. The molecule has 0 amide bonds. The Morgan fingerprint density at radius 2 is 2.00 bits per heavy atom. The van der Waals surface area contributed by atoms with Crippen LogP contribution in [0.2, 0.25) is 0 Å². The molecule has 2 rings (SSSR count). The van der Waals surface area contributed by atoms with Crippen molar-refractivity contribution in [1.29, 1.82) is 0 Å². The third-order valence-corrected chi connectivity index (χ3v) is 2.12. The van der Waals surface area contributed by atoms with Gasteiger partial charge in [0.2, 0.25) is 0 Å². The summed E-state index contributed by atoms with van der Waals surface area (Å²) < 4.78 is 10.2. The summed E-state index contributed by atoms with van der Waals surface area (Å²) in [6.45, 7) is 5.38. The molecule has 1 heterocycles. The van der Waals surface area contributed by atoms with Gasteiger partial charge in [0, 0.05) is 17.8 Å². The summed E-state index contributed by atoms with van der Waals surface area (Å²) in [7, 11) is 0. The van der Waals surface area contributed by atoms with Crippen LogP contribution in [0, 0.1) is 0 Å². The molecular weight excluding hydrogens is 218 g/mol. The number of H-pyrrole nitrogens is 1. The van der Waals surface area contributed by atoms with Crippen molar-refractivity contribution < 1.29 is 14.3 Å². The van der Waals surface area contributed by atoms with Gasteiger partial charge in [0.05, 0.1) is 0 Å². The van der Waals surface area contributed by atoms with Crippen molar-refractivity contribution in [2.75, 3.05) is 0 Å². The Morgan fingerprint density at radius 3 is 2.71 bits per heavy atom. The minimum Gasteiger partial charge on any atom is -0.428 e. The van der Waals surface area contributed by atoms with Gasteiger partial charge in [0.25, 0.3) is 0 Å². The summed E-state index contributed by atoms with van der Waals surface area (Å²) in [5, 5.41) is 1.07. The van der Waals surface area contributed by atoms with Crippen LogP contribution in [-0.2, 0) is 4.74 Å². The summed E-state index contributed by atoms with van der Waals surface area (Å²) in [4.78, 5) is 14.5. The number of ether oxygens (including phenoxy) is 2. The number of rotatable bonds is 1. The Bertz CT molecular complexity index is 537. The average Bonchev–Trinajstić information content (AvgIpc) is 2.61. The topological polar surface area (TPSA) is 51.3 Å². The third kappa shape index (κ3) is 3.00. The highest BCUT2D eigenvalue weighted by atomic mass is 16.7. The number of aromatic amines is 1. The third-order valence-electron chi connectivity index (χ3n) is 2.12. The standard InChI is InChI=1S/C13H15NO3/c1-13(2,3)17-12(15)16-10-5-4-9-6-7-14-11(9)8-10/h4-8,14H,1-3H3. The van der Waals surface area contributed by atoms with E-state index in [0.29, 0.717) is 5.75 Å². The van der Waals surface area contributed by atoms with Gasteiger partial charge in [0.1, 0.15) is 11.4 Å². The van der Waals surface area contributed by atoms with E-state index in [-0.39, 0.29) is 0 Å². The molecule has 0 unspecified atom stereocenters. The second kappa shape index (κ2) is 4.13. The molecule has 0 bridgehead atoms. The molecule has 0 atom stereocenters. The predicted molar refractivity (Wildman–Crippen MR) is 65.2 cm³/mol. The zero-order valence-corrected chi connectivity index (χ0v) is 10.1. The SMILES string of the molecule is CC(C)(C)OC(=O)Oc1ccc2cc[nH]c2c1. The monoisotopic (exact) mass is 233 g/mol. The Morgan fingerprint density at radius 1 is 1.24 bits per heavy atom. The number of benzene rings is 1. The molecule has 1 aromatic carbocycles. The van der Waals surface area contributed by atoms with Crippen molar-refractivity contribution in [3.05, 3.63) is 30.5 Å². The molecule has 0 aliphatic carbocycles. The van der Waals surface area contributed by atoms with Crippen LogP contribution in [0.5, 0.6) is 5.75 Å². The highest BCUT2D eigenvalue weighted by molar-refractivity contribution is 5.81. The number of carbonyl (C=O) groups is 1. The van der Waals surface area contributed by atoms with E-state index in [2.05, 4.69) is 4.98 Å². The van der Waals surface area contributed by atoms with Crippen molar-refractivity contribution in [1.82, 2.24) is 4.98 Å². The molecule has 0 spiro atoms. The van der Waals surface area contributed by atoms with Crippen LogP contribution in [0.4, 0.5) is 4.79 Å². The van der Waals surface area contributed by atoms with Crippen molar-refractivity contribution in [2.24, 2.45) is 0 Å². The molecule has 0 aliphatic heterocycles. The van der Waals surface area contributed by atoms with E-state index in [9.17, 15) is 4.79 Å². The maximum absolute atomic E-state index is 11.4. The quantitative estimate of drug-likeness (QED) is 0.606. The fraction of sp³-hybridized carbons (Fsp3) is 0.308. The lowest BCUT2D eigenvalue weighted by molar-refractivity contribution is 0.0206. The van der Waals surface area contributed by atoms with Gasteiger partial charge in [-0.2, -0.15) is 0 Å². The van der Waals surface area contributed by atoms with Crippen LogP contribution < -0.4 is 4.74 Å². The zero-order valence-electron chi connectivity index (χ0n) is 10.1. The second-order valence-corrected chi connectivity index (χ2v) is 4.79. The summed E-state index contributed by atoms with van der Waals surface area (Å²) >= 11 is 0. The fourth-order valence-electron chi connectivity index (χ4n) is 1.46. The lowest BCUT2D eigenvalue weighted by Crippen LogP contribution is -2.25. The number of aromatic nitrogens is 1. The van der Waals surface area contributed by atoms with Crippen molar-refractivity contribution in [2.45, 2.75) is 26.4 Å². The minimum absolute atomic E-state index is 0.467. The molecule has 0 saturated carbocycles. The molecule has 17 heavy (non-hydrogen) atoms. The van der Waals surface area contributed by atoms with Gasteiger partial charge in [0.15, 0.2) is 0 Å². The molecule has 1 aromatic heterocycles. The Labute approximate surface area is 99.5 Å². The molecule has 1 N–H and O–H groups in total. The Balaban J connectivity index is 2.10. The number of hydrogen-bond donors (Lipinski definition) is 1. The van der Waals surface area contributed by atoms with E-state index < -0.39 is 11.8 Å². The summed E-state index contributed by atoms with van der Waals surface area (Å²) in [6, 6.07) is 7.33. The van der Waals surface area contributed by atoms with Crippen LogP contribution >= 0.6 is 0 Å². The highest BCUT2D eigenvalue weighted by Crippen LogP contribution is 2.20. The Kier molecular flexibility index (Phi) is 2.79. The van der Waals surface area contributed by atoms with Gasteiger partial charge in [-0.1, -0.05) is 0 Å². The molecule has 0 aliphatic rings. The lowest BCUT2D eigenvalue weighted by atomic mass is 10.2. The number of carbonyl (C=O) groups excluding carboxylic acids is 1. The highest BCUT2D eigenvalue weighted by Gasteiger charge is 2.18. The van der Waals surface area contributed by atoms with Gasteiger partial charge in [-0.25, -0.2) is 4.79 Å². The first-order valence-corrected chi connectivity index (χ1v) is 5.42. The van der Waals surface area contributed by atoms with Crippen LogP contribution in [0.1, 0.15) is 20.8 Å². The fourth-order valence-corrected chi connectivity index (χ4v) is 1.46. The first-order chi connectivity index (χ1) is 7.94. The Hall–Kier alpha value is -1.97. The van der Waals surface area contributed by atoms with E-state index in [1.807, 2.05) is 18.3 Å². The molecule has 0 radical (unpaired) electrons. The maximum atomic E-state index is 11.4. The van der Waals surface area contributed by atoms with Crippen LogP contribution in [0.25, 0.3) is 10.9 Å². The van der Waals surface area contributed by atoms with Gasteiger partial charge < -0.3 is 14.5 Å². The molecule has 90 valence electrons. The van der Waals surface area contributed by atoms with Gasteiger partial charge >= 0.3 is 6.16 Å². The normalized spacial score (nSPS) is 11.5. The van der Waals surface area contributed by atoms with Crippen LogP contribution in [0.3, 0.4) is 0 Å². The number of nitrogens with one attached hydrogen (secondary N) is 1. The number of fused-ring (bicyclic) bond motifs is 1. The zero-order chi connectivity index (χ0) is 12.5. The smallest absolute Gasteiger partial charge is 0.428 e. The lowest BCUT2D eigenvalue weighted by Gasteiger charge is -2.18. The molecule has 2 aromatic rings.